The smallest absolute Gasteiger partial charge is 0.399 e. The Morgan fingerprint density at radius 3 is 2.32 bits per heavy atom. The van der Waals surface area contributed by atoms with Gasteiger partial charge in [-0.3, -0.25) is 4.79 Å². The van der Waals surface area contributed by atoms with Crippen LogP contribution in [0.4, 0.5) is 0 Å². The molecule has 1 aliphatic heterocycles. The molecule has 0 atom stereocenters. The van der Waals surface area contributed by atoms with Crippen molar-refractivity contribution in [3.63, 3.8) is 0 Å². The van der Waals surface area contributed by atoms with Crippen molar-refractivity contribution in [1.29, 1.82) is 0 Å². The van der Waals surface area contributed by atoms with E-state index in [4.69, 9.17) is 20.9 Å². The van der Waals surface area contributed by atoms with Crippen LogP contribution in [0.5, 0.6) is 0 Å². The summed E-state index contributed by atoms with van der Waals surface area (Å²) in [7, 11) is -0.444. The fourth-order valence-corrected chi connectivity index (χ4v) is 2.52. The van der Waals surface area contributed by atoms with Crippen molar-refractivity contribution in [1.82, 2.24) is 5.32 Å². The normalized spacial score (nSPS) is 19.3. The van der Waals surface area contributed by atoms with Gasteiger partial charge in [-0.2, -0.15) is 0 Å². The van der Waals surface area contributed by atoms with E-state index in [1.54, 1.807) is 0 Å². The zero-order valence-electron chi connectivity index (χ0n) is 13.8. The molecule has 4 nitrogen and oxygen atoms in total. The van der Waals surface area contributed by atoms with E-state index in [0.717, 1.165) is 11.0 Å². The minimum absolute atomic E-state index is 0.0345. The molecule has 0 radical (unpaired) electrons. The van der Waals surface area contributed by atoms with Gasteiger partial charge >= 0.3 is 7.12 Å². The van der Waals surface area contributed by atoms with Crippen LogP contribution in [0.15, 0.2) is 18.2 Å². The Bertz CT molecular complexity index is 559. The molecule has 0 spiro atoms. The van der Waals surface area contributed by atoms with Gasteiger partial charge in [0.1, 0.15) is 0 Å². The second-order valence-corrected chi connectivity index (χ2v) is 6.98. The second-order valence-electron chi connectivity index (χ2n) is 6.57. The molecule has 0 bridgehead atoms. The maximum atomic E-state index is 11.7. The van der Waals surface area contributed by atoms with Gasteiger partial charge in [0, 0.05) is 11.6 Å². The molecular weight excluding hydrogens is 300 g/mol. The van der Waals surface area contributed by atoms with E-state index in [0.29, 0.717) is 11.6 Å². The van der Waals surface area contributed by atoms with Crippen molar-refractivity contribution in [3.8, 4) is 0 Å². The third-order valence-electron chi connectivity index (χ3n) is 4.33. The third kappa shape index (κ3) is 3.48. The molecule has 22 heavy (non-hydrogen) atoms. The Morgan fingerprint density at radius 1 is 1.23 bits per heavy atom. The Labute approximate surface area is 137 Å². The molecule has 0 saturated carbocycles. The number of likely N-dealkylation sites (N-methyl/N-ethyl adjacent to an activating group) is 1. The molecule has 1 saturated heterocycles. The summed E-state index contributed by atoms with van der Waals surface area (Å²) in [6.45, 7) is 10.6. The average molecular weight is 324 g/mol. The summed E-state index contributed by atoms with van der Waals surface area (Å²) >= 11 is 6.30. The van der Waals surface area contributed by atoms with E-state index in [9.17, 15) is 4.79 Å². The number of benzene rings is 1. The van der Waals surface area contributed by atoms with Crippen LogP contribution in [0.25, 0.3) is 0 Å². The number of nitrogens with one attached hydrogen (secondary N) is 1. The Hall–Kier alpha value is -1.04. The first-order valence-electron chi connectivity index (χ1n) is 7.57. The SMILES string of the molecule is CCNC(=O)Cc1ccc(B2OC(C)(C)C(C)(C)O2)cc1Cl. The third-order valence-corrected chi connectivity index (χ3v) is 4.68. The minimum atomic E-state index is -0.444. The number of amides is 1. The predicted molar refractivity (Wildman–Crippen MR) is 89.6 cm³/mol. The molecule has 0 unspecified atom stereocenters. The first-order valence-corrected chi connectivity index (χ1v) is 7.95. The number of halogens is 1. The van der Waals surface area contributed by atoms with Gasteiger partial charge in [-0.1, -0.05) is 23.7 Å². The lowest BCUT2D eigenvalue weighted by atomic mass is 9.78. The van der Waals surface area contributed by atoms with Crippen LogP contribution in [-0.4, -0.2) is 30.8 Å². The molecule has 1 aromatic carbocycles. The van der Waals surface area contributed by atoms with Gasteiger partial charge in [0.15, 0.2) is 0 Å². The molecule has 2 rings (SSSR count). The van der Waals surface area contributed by atoms with Crippen molar-refractivity contribution in [2.75, 3.05) is 6.54 Å². The molecule has 1 fully saturated rings. The van der Waals surface area contributed by atoms with Crippen LogP contribution < -0.4 is 10.8 Å². The molecule has 1 amide bonds. The molecule has 1 aromatic rings. The monoisotopic (exact) mass is 323 g/mol. The Balaban J connectivity index is 2.15. The van der Waals surface area contributed by atoms with Gasteiger partial charge in [-0.25, -0.2) is 0 Å². The summed E-state index contributed by atoms with van der Waals surface area (Å²) in [4.78, 5) is 11.7. The van der Waals surface area contributed by atoms with Crippen molar-refractivity contribution in [2.24, 2.45) is 0 Å². The van der Waals surface area contributed by atoms with E-state index in [-0.39, 0.29) is 23.5 Å². The average Bonchev–Trinajstić information content (AvgIpc) is 2.61. The number of rotatable bonds is 4. The van der Waals surface area contributed by atoms with E-state index in [1.165, 1.54) is 0 Å². The minimum Gasteiger partial charge on any atom is -0.399 e. The Morgan fingerprint density at radius 2 is 1.82 bits per heavy atom. The largest absolute Gasteiger partial charge is 0.494 e. The highest BCUT2D eigenvalue weighted by Crippen LogP contribution is 2.36. The maximum Gasteiger partial charge on any atom is 0.494 e. The van der Waals surface area contributed by atoms with E-state index in [2.05, 4.69) is 5.32 Å². The fourth-order valence-electron chi connectivity index (χ4n) is 2.27. The molecule has 0 aliphatic carbocycles. The summed E-state index contributed by atoms with van der Waals surface area (Å²) in [5.41, 5.74) is 0.893. The number of hydrogen-bond acceptors (Lipinski definition) is 3. The van der Waals surface area contributed by atoms with Crippen LogP contribution in [-0.2, 0) is 20.5 Å². The summed E-state index contributed by atoms with van der Waals surface area (Å²) < 4.78 is 12.0. The van der Waals surface area contributed by atoms with E-state index >= 15 is 0 Å². The van der Waals surface area contributed by atoms with Crippen LogP contribution in [0, 0.1) is 0 Å². The van der Waals surface area contributed by atoms with E-state index < -0.39 is 7.12 Å². The molecule has 120 valence electrons. The first kappa shape index (κ1) is 17.3. The predicted octanol–water partition coefficient (Wildman–Crippen LogP) is 2.32. The van der Waals surface area contributed by atoms with Gasteiger partial charge in [-0.05, 0) is 51.7 Å². The van der Waals surface area contributed by atoms with Crippen LogP contribution in [0.3, 0.4) is 0 Å². The summed E-state index contributed by atoms with van der Waals surface area (Å²) in [5.74, 6) is -0.0345. The zero-order valence-corrected chi connectivity index (χ0v) is 14.6. The number of carbonyl (C=O) groups is 1. The number of carbonyl (C=O) groups excluding carboxylic acids is 1. The van der Waals surface area contributed by atoms with Crippen molar-refractivity contribution in [3.05, 3.63) is 28.8 Å². The fraction of sp³-hybridized carbons (Fsp3) is 0.562. The lowest BCUT2D eigenvalue weighted by Crippen LogP contribution is -2.41. The highest BCUT2D eigenvalue weighted by molar-refractivity contribution is 6.62. The lowest BCUT2D eigenvalue weighted by molar-refractivity contribution is -0.120. The highest BCUT2D eigenvalue weighted by Gasteiger charge is 2.51. The Kier molecular flexibility index (Phi) is 4.90. The molecule has 1 heterocycles. The van der Waals surface area contributed by atoms with Crippen molar-refractivity contribution < 1.29 is 14.1 Å². The van der Waals surface area contributed by atoms with Gasteiger partial charge in [-0.15, -0.1) is 0 Å². The highest BCUT2D eigenvalue weighted by atomic mass is 35.5. The second kappa shape index (κ2) is 6.22. The van der Waals surface area contributed by atoms with Gasteiger partial charge in [0.25, 0.3) is 0 Å². The quantitative estimate of drug-likeness (QED) is 0.865. The standard InChI is InChI=1S/C16H23BClNO3/c1-6-19-14(20)9-11-7-8-12(10-13(11)18)17-21-15(2,3)16(4,5)22-17/h7-8,10H,6,9H2,1-5H3,(H,19,20). The molecular formula is C16H23BClNO3. The molecule has 1 aliphatic rings. The van der Waals surface area contributed by atoms with Gasteiger partial charge in [0.2, 0.25) is 5.91 Å². The van der Waals surface area contributed by atoms with Crippen LogP contribution >= 0.6 is 11.6 Å². The summed E-state index contributed by atoms with van der Waals surface area (Å²) in [5, 5.41) is 3.32. The first-order chi connectivity index (χ1) is 10.2. The van der Waals surface area contributed by atoms with Crippen LogP contribution in [0.1, 0.15) is 40.2 Å². The van der Waals surface area contributed by atoms with Crippen LogP contribution in [0.2, 0.25) is 5.02 Å². The summed E-state index contributed by atoms with van der Waals surface area (Å²) in [6, 6.07) is 5.58. The van der Waals surface area contributed by atoms with Gasteiger partial charge in [0.05, 0.1) is 17.6 Å². The van der Waals surface area contributed by atoms with Gasteiger partial charge < -0.3 is 14.6 Å². The zero-order chi connectivity index (χ0) is 16.5. The summed E-state index contributed by atoms with van der Waals surface area (Å²) in [6.07, 6.45) is 0.274. The van der Waals surface area contributed by atoms with E-state index in [1.807, 2.05) is 52.8 Å². The van der Waals surface area contributed by atoms with Crippen molar-refractivity contribution in [2.45, 2.75) is 52.2 Å². The van der Waals surface area contributed by atoms with Crippen molar-refractivity contribution >= 4 is 30.1 Å². The molecule has 6 heteroatoms. The maximum absolute atomic E-state index is 11.7. The topological polar surface area (TPSA) is 47.6 Å². The number of hydrogen-bond donors (Lipinski definition) is 1. The lowest BCUT2D eigenvalue weighted by Gasteiger charge is -2.32. The molecule has 1 N–H and O–H groups in total. The molecule has 0 aromatic heterocycles.